The summed E-state index contributed by atoms with van der Waals surface area (Å²) in [5.74, 6) is -0.275. The second kappa shape index (κ2) is 9.19. The number of hydrogen-bond donors (Lipinski definition) is 2. The molecule has 0 rings (SSSR count). The summed E-state index contributed by atoms with van der Waals surface area (Å²) >= 11 is 0. The average molecular weight is 244 g/mol. The lowest BCUT2D eigenvalue weighted by atomic mass is 9.94. The Balaban J connectivity index is 3.69. The third-order valence-electron chi connectivity index (χ3n) is 2.50. The van der Waals surface area contributed by atoms with Gasteiger partial charge in [-0.2, -0.15) is 0 Å². The van der Waals surface area contributed by atoms with Gasteiger partial charge in [0.2, 0.25) is 0 Å². The van der Waals surface area contributed by atoms with Crippen LogP contribution in [0.4, 0.5) is 0 Å². The van der Waals surface area contributed by atoms with E-state index in [1.54, 1.807) is 6.92 Å². The third kappa shape index (κ3) is 7.94. The van der Waals surface area contributed by atoms with Gasteiger partial charge in [-0.15, -0.1) is 0 Å². The largest absolute Gasteiger partial charge is 0.465 e. The minimum Gasteiger partial charge on any atom is -0.465 e. The number of rotatable bonds is 9. The van der Waals surface area contributed by atoms with E-state index in [2.05, 4.69) is 19.1 Å². The molecule has 0 saturated carbocycles. The standard InChI is InChI=1S/C13H24O4/c1-3-4-5-6-7-8-12(16)17-11-13(2,9-14)10-15/h4-5,14-15H,3,6-11H2,1-2H3/b5-4-. The van der Waals surface area contributed by atoms with Crippen molar-refractivity contribution in [2.75, 3.05) is 19.8 Å². The lowest BCUT2D eigenvalue weighted by molar-refractivity contribution is -0.149. The molecule has 0 radical (unpaired) electrons. The van der Waals surface area contributed by atoms with Crippen molar-refractivity contribution in [2.24, 2.45) is 5.41 Å². The zero-order valence-electron chi connectivity index (χ0n) is 10.8. The molecule has 4 heteroatoms. The molecule has 0 fully saturated rings. The summed E-state index contributed by atoms with van der Waals surface area (Å²) in [5.41, 5.74) is -0.738. The highest BCUT2D eigenvalue weighted by Crippen LogP contribution is 2.15. The molecular formula is C13H24O4. The Morgan fingerprint density at radius 3 is 2.47 bits per heavy atom. The van der Waals surface area contributed by atoms with Gasteiger partial charge < -0.3 is 14.9 Å². The van der Waals surface area contributed by atoms with Crippen LogP contribution in [0.25, 0.3) is 0 Å². The molecule has 100 valence electrons. The minimum absolute atomic E-state index is 0.0592. The van der Waals surface area contributed by atoms with Crippen molar-refractivity contribution in [1.82, 2.24) is 0 Å². The molecule has 0 bridgehead atoms. The van der Waals surface area contributed by atoms with Crippen LogP contribution in [0.3, 0.4) is 0 Å². The Hall–Kier alpha value is -0.870. The molecule has 4 nitrogen and oxygen atoms in total. The average Bonchev–Trinajstić information content (AvgIpc) is 2.35. The summed E-state index contributed by atoms with van der Waals surface area (Å²) in [4.78, 5) is 11.3. The number of unbranched alkanes of at least 4 members (excludes halogenated alkanes) is 1. The fraction of sp³-hybridized carbons (Fsp3) is 0.769. The van der Waals surface area contributed by atoms with Gasteiger partial charge in [-0.25, -0.2) is 0 Å². The number of aliphatic hydroxyl groups is 2. The Labute approximate surface area is 103 Å². The summed E-state index contributed by atoms with van der Waals surface area (Å²) in [7, 11) is 0. The smallest absolute Gasteiger partial charge is 0.305 e. The van der Waals surface area contributed by atoms with Crippen molar-refractivity contribution >= 4 is 5.97 Å². The van der Waals surface area contributed by atoms with E-state index in [1.807, 2.05) is 0 Å². The Morgan fingerprint density at radius 1 is 1.29 bits per heavy atom. The van der Waals surface area contributed by atoms with Gasteiger partial charge in [0.15, 0.2) is 0 Å². The predicted molar refractivity (Wildman–Crippen MR) is 66.5 cm³/mol. The molecule has 2 N–H and O–H groups in total. The molecule has 0 saturated heterocycles. The topological polar surface area (TPSA) is 66.8 Å². The van der Waals surface area contributed by atoms with Crippen LogP contribution >= 0.6 is 0 Å². The molecule has 0 amide bonds. The molecule has 0 aliphatic heterocycles. The molecule has 0 aliphatic carbocycles. The second-order valence-corrected chi connectivity index (χ2v) is 4.56. The van der Waals surface area contributed by atoms with Crippen molar-refractivity contribution in [3.8, 4) is 0 Å². The fourth-order valence-corrected chi connectivity index (χ4v) is 1.12. The molecule has 0 heterocycles. The number of esters is 1. The summed E-state index contributed by atoms with van der Waals surface area (Å²) in [6.07, 6.45) is 7.15. The monoisotopic (exact) mass is 244 g/mol. The van der Waals surface area contributed by atoms with Crippen LogP contribution in [-0.2, 0) is 9.53 Å². The summed E-state index contributed by atoms with van der Waals surface area (Å²) in [6.45, 7) is 3.40. The van der Waals surface area contributed by atoms with Crippen LogP contribution in [0.5, 0.6) is 0 Å². The van der Waals surface area contributed by atoms with E-state index in [-0.39, 0.29) is 25.8 Å². The first-order valence-electron chi connectivity index (χ1n) is 6.10. The zero-order chi connectivity index (χ0) is 13.1. The van der Waals surface area contributed by atoms with E-state index in [4.69, 9.17) is 14.9 Å². The van der Waals surface area contributed by atoms with Gasteiger partial charge in [0.25, 0.3) is 0 Å². The van der Waals surface area contributed by atoms with Crippen LogP contribution in [0, 0.1) is 5.41 Å². The quantitative estimate of drug-likeness (QED) is 0.368. The number of allylic oxidation sites excluding steroid dienone is 2. The minimum atomic E-state index is -0.738. The van der Waals surface area contributed by atoms with Gasteiger partial charge in [0.05, 0.1) is 13.2 Å². The molecule has 0 atom stereocenters. The van der Waals surface area contributed by atoms with Gasteiger partial charge in [-0.05, 0) is 19.3 Å². The van der Waals surface area contributed by atoms with Gasteiger partial charge >= 0.3 is 5.97 Å². The molecule has 0 aromatic carbocycles. The maximum Gasteiger partial charge on any atom is 0.305 e. The SMILES string of the molecule is CC/C=C\CCCC(=O)OCC(C)(CO)CO. The van der Waals surface area contributed by atoms with E-state index in [1.165, 1.54) is 0 Å². The van der Waals surface area contributed by atoms with Crippen LogP contribution in [0.2, 0.25) is 0 Å². The second-order valence-electron chi connectivity index (χ2n) is 4.56. The van der Waals surface area contributed by atoms with Gasteiger partial charge in [-0.3, -0.25) is 4.79 Å². The lowest BCUT2D eigenvalue weighted by Crippen LogP contribution is -2.32. The normalized spacial score (nSPS) is 12.0. The van der Waals surface area contributed by atoms with Gasteiger partial charge in [0.1, 0.15) is 6.61 Å². The molecule has 0 spiro atoms. The highest BCUT2D eigenvalue weighted by molar-refractivity contribution is 5.69. The first-order chi connectivity index (χ1) is 8.08. The zero-order valence-corrected chi connectivity index (χ0v) is 10.8. The van der Waals surface area contributed by atoms with Crippen molar-refractivity contribution in [2.45, 2.75) is 39.5 Å². The van der Waals surface area contributed by atoms with Crippen LogP contribution in [-0.4, -0.2) is 36.0 Å². The number of ether oxygens (including phenoxy) is 1. The first kappa shape index (κ1) is 16.1. The van der Waals surface area contributed by atoms with E-state index >= 15 is 0 Å². The van der Waals surface area contributed by atoms with Crippen molar-refractivity contribution < 1.29 is 19.7 Å². The van der Waals surface area contributed by atoms with Crippen molar-refractivity contribution in [1.29, 1.82) is 0 Å². The predicted octanol–water partition coefficient (Wildman–Crippen LogP) is 1.66. The Kier molecular flexibility index (Phi) is 8.72. The van der Waals surface area contributed by atoms with Gasteiger partial charge in [0, 0.05) is 11.8 Å². The van der Waals surface area contributed by atoms with Crippen molar-refractivity contribution in [3.05, 3.63) is 12.2 Å². The maximum atomic E-state index is 11.3. The van der Waals surface area contributed by atoms with Crippen LogP contribution in [0.1, 0.15) is 39.5 Å². The van der Waals surface area contributed by atoms with E-state index in [9.17, 15) is 4.79 Å². The van der Waals surface area contributed by atoms with E-state index in [0.29, 0.717) is 6.42 Å². The van der Waals surface area contributed by atoms with Gasteiger partial charge in [-0.1, -0.05) is 26.0 Å². The number of carbonyl (C=O) groups is 1. The molecule has 0 unspecified atom stereocenters. The number of carbonyl (C=O) groups excluding carboxylic acids is 1. The van der Waals surface area contributed by atoms with Crippen LogP contribution in [0.15, 0.2) is 12.2 Å². The third-order valence-corrected chi connectivity index (χ3v) is 2.50. The van der Waals surface area contributed by atoms with Crippen molar-refractivity contribution in [3.63, 3.8) is 0 Å². The first-order valence-corrected chi connectivity index (χ1v) is 6.10. The maximum absolute atomic E-state index is 11.3. The van der Waals surface area contributed by atoms with E-state index < -0.39 is 5.41 Å². The number of hydrogen-bond acceptors (Lipinski definition) is 4. The Morgan fingerprint density at radius 2 is 1.94 bits per heavy atom. The summed E-state index contributed by atoms with van der Waals surface area (Å²) < 4.78 is 5.01. The molecule has 0 aromatic heterocycles. The number of aliphatic hydroxyl groups excluding tert-OH is 2. The highest BCUT2D eigenvalue weighted by Gasteiger charge is 2.24. The Bertz CT molecular complexity index is 232. The fourth-order valence-electron chi connectivity index (χ4n) is 1.12. The summed E-state index contributed by atoms with van der Waals surface area (Å²) in [6, 6.07) is 0. The molecular weight excluding hydrogens is 220 g/mol. The lowest BCUT2D eigenvalue weighted by Gasteiger charge is -2.23. The molecule has 17 heavy (non-hydrogen) atoms. The molecule has 0 aromatic rings. The summed E-state index contributed by atoms with van der Waals surface area (Å²) in [5, 5.41) is 18.0. The van der Waals surface area contributed by atoms with Crippen LogP contribution < -0.4 is 0 Å². The molecule has 0 aliphatic rings. The van der Waals surface area contributed by atoms with E-state index in [0.717, 1.165) is 19.3 Å². The highest BCUT2D eigenvalue weighted by atomic mass is 16.5.